The first-order valence-corrected chi connectivity index (χ1v) is 10.8. The highest BCUT2D eigenvalue weighted by atomic mass is 32.2. The summed E-state index contributed by atoms with van der Waals surface area (Å²) in [5, 5.41) is 11.0. The number of nitro benzene ring substituents is 1. The van der Waals surface area contributed by atoms with E-state index in [-0.39, 0.29) is 10.6 Å². The summed E-state index contributed by atoms with van der Waals surface area (Å²) in [5.41, 5.74) is 0.961. The van der Waals surface area contributed by atoms with Crippen LogP contribution in [0.4, 0.5) is 11.4 Å². The van der Waals surface area contributed by atoms with Gasteiger partial charge in [0, 0.05) is 18.2 Å². The summed E-state index contributed by atoms with van der Waals surface area (Å²) in [7, 11) is -1.11. The molecule has 1 unspecified atom stereocenters. The zero-order valence-electron chi connectivity index (χ0n) is 17.3. The molecule has 3 rings (SSSR count). The fraction of sp³-hybridized carbons (Fsp3) is 0.182. The van der Waals surface area contributed by atoms with E-state index in [1.807, 2.05) is 30.3 Å². The topological polar surface area (TPSA) is 99.0 Å². The normalized spacial score (nSPS) is 12.1. The molecule has 162 valence electrons. The minimum atomic E-state index is -4.07. The lowest BCUT2D eigenvalue weighted by atomic mass is 10.1. The third-order valence-corrected chi connectivity index (χ3v) is 6.77. The molecule has 0 radical (unpaired) electrons. The molecule has 0 bridgehead atoms. The van der Waals surface area contributed by atoms with Gasteiger partial charge in [0.05, 0.1) is 35.8 Å². The highest BCUT2D eigenvalue weighted by molar-refractivity contribution is 7.92. The Hall–Kier alpha value is -3.59. The van der Waals surface area contributed by atoms with E-state index < -0.39 is 21.0 Å². The SMILES string of the molecule is COc1ccc(N(C(C)c2ccccc2)S(=O)(=O)c2ccc([N+](=O)[O-])cc2)cc1OC. The van der Waals surface area contributed by atoms with Crippen LogP contribution in [0.1, 0.15) is 18.5 Å². The van der Waals surface area contributed by atoms with Crippen molar-refractivity contribution in [3.8, 4) is 11.5 Å². The van der Waals surface area contributed by atoms with Gasteiger partial charge in [-0.05, 0) is 36.8 Å². The van der Waals surface area contributed by atoms with E-state index in [0.717, 1.165) is 5.56 Å². The highest BCUT2D eigenvalue weighted by Gasteiger charge is 2.31. The van der Waals surface area contributed by atoms with Crippen LogP contribution in [0.15, 0.2) is 77.7 Å². The summed E-state index contributed by atoms with van der Waals surface area (Å²) in [6.45, 7) is 1.77. The fourth-order valence-electron chi connectivity index (χ4n) is 3.25. The van der Waals surface area contributed by atoms with Gasteiger partial charge in [0.15, 0.2) is 11.5 Å². The first kappa shape index (κ1) is 22.1. The third kappa shape index (κ3) is 4.46. The lowest BCUT2D eigenvalue weighted by molar-refractivity contribution is -0.384. The first-order chi connectivity index (χ1) is 14.8. The number of hydrogen-bond acceptors (Lipinski definition) is 6. The number of ether oxygens (including phenoxy) is 2. The minimum absolute atomic E-state index is 0.0596. The maximum absolute atomic E-state index is 13.7. The van der Waals surface area contributed by atoms with Crippen LogP contribution in [0.5, 0.6) is 11.5 Å². The third-order valence-electron chi connectivity index (χ3n) is 4.86. The summed E-state index contributed by atoms with van der Waals surface area (Å²) in [6, 6.07) is 18.3. The van der Waals surface area contributed by atoms with Crippen molar-refractivity contribution in [2.75, 3.05) is 18.5 Å². The molecule has 0 spiro atoms. The Morgan fingerprint density at radius 2 is 1.52 bits per heavy atom. The molecule has 0 aliphatic heterocycles. The van der Waals surface area contributed by atoms with Crippen molar-refractivity contribution in [3.05, 3.63) is 88.5 Å². The van der Waals surface area contributed by atoms with E-state index >= 15 is 0 Å². The van der Waals surface area contributed by atoms with Crippen LogP contribution in [-0.4, -0.2) is 27.6 Å². The number of anilines is 1. The first-order valence-electron chi connectivity index (χ1n) is 9.35. The number of hydrogen-bond donors (Lipinski definition) is 0. The molecule has 0 aromatic heterocycles. The molecule has 3 aromatic rings. The van der Waals surface area contributed by atoms with E-state index in [9.17, 15) is 18.5 Å². The number of rotatable bonds is 8. The molecule has 3 aromatic carbocycles. The van der Waals surface area contributed by atoms with Crippen molar-refractivity contribution in [1.29, 1.82) is 0 Å². The molecule has 0 saturated heterocycles. The van der Waals surface area contributed by atoms with Gasteiger partial charge in [-0.3, -0.25) is 14.4 Å². The molecule has 0 aliphatic carbocycles. The van der Waals surface area contributed by atoms with Gasteiger partial charge in [-0.25, -0.2) is 8.42 Å². The Morgan fingerprint density at radius 3 is 2.06 bits per heavy atom. The second-order valence-corrected chi connectivity index (χ2v) is 8.49. The second kappa shape index (κ2) is 9.05. The van der Waals surface area contributed by atoms with Gasteiger partial charge >= 0.3 is 0 Å². The standard InChI is InChI=1S/C22H22N2O6S/c1-16(17-7-5-4-6-8-17)23(19-11-14-21(29-2)22(15-19)30-3)31(27,28)20-12-9-18(10-13-20)24(25)26/h4-16H,1-3H3. The predicted molar refractivity (Wildman–Crippen MR) is 117 cm³/mol. The Balaban J connectivity index is 2.17. The number of nitro groups is 1. The summed E-state index contributed by atoms with van der Waals surface area (Å²) >= 11 is 0. The maximum Gasteiger partial charge on any atom is 0.269 e. The van der Waals surface area contributed by atoms with E-state index in [1.54, 1.807) is 25.1 Å². The van der Waals surface area contributed by atoms with Crippen molar-refractivity contribution in [2.45, 2.75) is 17.9 Å². The highest BCUT2D eigenvalue weighted by Crippen LogP contribution is 2.38. The number of non-ortho nitro benzene ring substituents is 1. The second-order valence-electron chi connectivity index (χ2n) is 6.68. The monoisotopic (exact) mass is 442 g/mol. The maximum atomic E-state index is 13.7. The van der Waals surface area contributed by atoms with E-state index in [1.165, 1.54) is 42.8 Å². The van der Waals surface area contributed by atoms with Gasteiger partial charge in [0.1, 0.15) is 0 Å². The van der Waals surface area contributed by atoms with Crippen molar-refractivity contribution < 1.29 is 22.8 Å². The largest absolute Gasteiger partial charge is 0.493 e. The van der Waals surface area contributed by atoms with E-state index in [0.29, 0.717) is 17.2 Å². The quantitative estimate of drug-likeness (QED) is 0.374. The molecule has 0 fully saturated rings. The Bertz CT molecular complexity index is 1160. The van der Waals surface area contributed by atoms with E-state index in [2.05, 4.69) is 0 Å². The molecule has 1 atom stereocenters. The number of nitrogens with zero attached hydrogens (tertiary/aromatic N) is 2. The Kier molecular flexibility index (Phi) is 6.45. The summed E-state index contributed by atoms with van der Waals surface area (Å²) in [5.74, 6) is 0.843. The van der Waals surface area contributed by atoms with Crippen molar-refractivity contribution in [1.82, 2.24) is 0 Å². The van der Waals surface area contributed by atoms with Crippen molar-refractivity contribution >= 4 is 21.4 Å². The van der Waals surface area contributed by atoms with E-state index in [4.69, 9.17) is 9.47 Å². The molecule has 8 nitrogen and oxygen atoms in total. The summed E-state index contributed by atoms with van der Waals surface area (Å²) < 4.78 is 39.2. The number of methoxy groups -OCH3 is 2. The summed E-state index contributed by atoms with van der Waals surface area (Å²) in [6.07, 6.45) is 0. The molecule has 31 heavy (non-hydrogen) atoms. The smallest absolute Gasteiger partial charge is 0.269 e. The van der Waals surface area contributed by atoms with Crippen LogP contribution in [0.25, 0.3) is 0 Å². The zero-order chi connectivity index (χ0) is 22.6. The molecule has 0 N–H and O–H groups in total. The van der Waals surface area contributed by atoms with Gasteiger partial charge in [0.2, 0.25) is 0 Å². The molecule has 0 aliphatic rings. The Labute approximate surface area is 180 Å². The van der Waals surface area contributed by atoms with Crippen LogP contribution in [-0.2, 0) is 10.0 Å². The Morgan fingerprint density at radius 1 is 0.903 bits per heavy atom. The lowest BCUT2D eigenvalue weighted by Gasteiger charge is -2.31. The van der Waals surface area contributed by atoms with Gasteiger partial charge in [-0.1, -0.05) is 30.3 Å². The molecular formula is C22H22N2O6S. The fourth-order valence-corrected chi connectivity index (χ4v) is 4.89. The van der Waals surface area contributed by atoms with Crippen LogP contribution in [0.3, 0.4) is 0 Å². The van der Waals surface area contributed by atoms with Crippen molar-refractivity contribution in [2.24, 2.45) is 0 Å². The van der Waals surface area contributed by atoms with Crippen LogP contribution in [0.2, 0.25) is 0 Å². The molecule has 9 heteroatoms. The minimum Gasteiger partial charge on any atom is -0.493 e. The average Bonchev–Trinajstić information content (AvgIpc) is 2.79. The van der Waals surface area contributed by atoms with Crippen LogP contribution >= 0.6 is 0 Å². The zero-order valence-corrected chi connectivity index (χ0v) is 18.1. The molecular weight excluding hydrogens is 420 g/mol. The average molecular weight is 442 g/mol. The van der Waals surface area contributed by atoms with Gasteiger partial charge < -0.3 is 9.47 Å². The lowest BCUT2D eigenvalue weighted by Crippen LogP contribution is -2.33. The van der Waals surface area contributed by atoms with Gasteiger partial charge in [-0.15, -0.1) is 0 Å². The molecule has 0 heterocycles. The predicted octanol–water partition coefficient (Wildman–Crippen LogP) is 4.57. The molecule has 0 saturated carbocycles. The molecule has 0 amide bonds. The van der Waals surface area contributed by atoms with Crippen molar-refractivity contribution in [3.63, 3.8) is 0 Å². The van der Waals surface area contributed by atoms with Gasteiger partial charge in [-0.2, -0.15) is 0 Å². The summed E-state index contributed by atoms with van der Waals surface area (Å²) in [4.78, 5) is 10.3. The van der Waals surface area contributed by atoms with Crippen LogP contribution < -0.4 is 13.8 Å². The number of benzene rings is 3. The van der Waals surface area contributed by atoms with Gasteiger partial charge in [0.25, 0.3) is 15.7 Å². The van der Waals surface area contributed by atoms with Crippen LogP contribution in [0, 0.1) is 10.1 Å². The number of sulfonamides is 1.